The summed E-state index contributed by atoms with van der Waals surface area (Å²) in [5.74, 6) is -1.47. The third-order valence-electron chi connectivity index (χ3n) is 5.03. The Morgan fingerprint density at radius 3 is 2.43 bits per heavy atom. The van der Waals surface area contributed by atoms with Crippen LogP contribution in [0.3, 0.4) is 0 Å². The highest BCUT2D eigenvalue weighted by molar-refractivity contribution is 6.19. The van der Waals surface area contributed by atoms with Gasteiger partial charge in [0.15, 0.2) is 11.5 Å². The van der Waals surface area contributed by atoms with Crippen LogP contribution in [0.4, 0.5) is 5.69 Å². The Kier molecular flexibility index (Phi) is 4.87. The standard InChI is InChI=1S/C23H19NO6/c1-13-9-10-17-15(11-13)20(25)16-12-24(14-7-5-4-6-8-14)19(23(27)29-3)18(21(16)30-17)22(26)28-2/h4-12,19H,1-3H3. The lowest BCUT2D eigenvalue weighted by atomic mass is 10.00. The first kappa shape index (κ1) is 19.4. The van der Waals surface area contributed by atoms with E-state index in [9.17, 15) is 14.4 Å². The molecule has 0 saturated carbocycles. The smallest absolute Gasteiger partial charge is 0.340 e. The fourth-order valence-electron chi connectivity index (χ4n) is 3.60. The molecule has 3 aromatic rings. The zero-order valence-corrected chi connectivity index (χ0v) is 16.7. The average molecular weight is 405 g/mol. The van der Waals surface area contributed by atoms with Gasteiger partial charge in [-0.3, -0.25) is 4.79 Å². The predicted octanol–water partition coefficient (Wildman–Crippen LogP) is 1.22. The second kappa shape index (κ2) is 7.51. The lowest BCUT2D eigenvalue weighted by Gasteiger charge is -2.31. The first-order chi connectivity index (χ1) is 14.5. The Morgan fingerprint density at radius 1 is 1.03 bits per heavy atom. The Bertz CT molecular complexity index is 1340. The van der Waals surface area contributed by atoms with E-state index in [1.165, 1.54) is 25.3 Å². The summed E-state index contributed by atoms with van der Waals surface area (Å²) in [7, 11) is 2.44. The minimum absolute atomic E-state index is 0.00536. The van der Waals surface area contributed by atoms with E-state index >= 15 is 0 Å². The third kappa shape index (κ3) is 3.04. The van der Waals surface area contributed by atoms with Gasteiger partial charge in [-0.05, 0) is 31.2 Å². The number of rotatable bonds is 3. The zero-order valence-electron chi connectivity index (χ0n) is 16.7. The van der Waals surface area contributed by atoms with Crippen LogP contribution in [0.2, 0.25) is 0 Å². The van der Waals surface area contributed by atoms with Crippen molar-refractivity contribution >= 4 is 40.4 Å². The van der Waals surface area contributed by atoms with Crippen LogP contribution in [0.15, 0.2) is 57.7 Å². The normalized spacial score (nSPS) is 15.4. The number of methoxy groups -OCH3 is 2. The summed E-state index contributed by atoms with van der Waals surface area (Å²) < 4.78 is 15.9. The molecule has 0 bridgehead atoms. The second-order valence-corrected chi connectivity index (χ2v) is 6.88. The molecular weight excluding hydrogens is 386 g/mol. The van der Waals surface area contributed by atoms with E-state index in [2.05, 4.69) is 0 Å². The van der Waals surface area contributed by atoms with Crippen LogP contribution in [0.25, 0.3) is 22.7 Å². The van der Waals surface area contributed by atoms with Gasteiger partial charge < -0.3 is 18.8 Å². The van der Waals surface area contributed by atoms with Gasteiger partial charge in [0.25, 0.3) is 0 Å². The lowest BCUT2D eigenvalue weighted by Crippen LogP contribution is -2.55. The molecule has 1 atom stereocenters. The molecule has 2 heterocycles. The van der Waals surface area contributed by atoms with E-state index in [4.69, 9.17) is 13.9 Å². The van der Waals surface area contributed by atoms with Crippen molar-refractivity contribution in [2.75, 3.05) is 19.1 Å². The van der Waals surface area contributed by atoms with Crippen LogP contribution >= 0.6 is 0 Å². The Labute approximate surface area is 171 Å². The minimum atomic E-state index is -1.18. The SMILES string of the molecule is COC(=O)C1=c2oc3ccc(C)cc3c(=O)c2=CN(c2ccccc2)C1C(=O)OC. The number of nitrogens with zero attached hydrogens (tertiary/aromatic N) is 1. The molecule has 0 amide bonds. The quantitative estimate of drug-likeness (QED) is 0.606. The molecule has 0 N–H and O–H groups in total. The second-order valence-electron chi connectivity index (χ2n) is 6.88. The van der Waals surface area contributed by atoms with E-state index in [-0.39, 0.29) is 21.6 Å². The van der Waals surface area contributed by atoms with Gasteiger partial charge in [0.05, 0.1) is 24.8 Å². The number of carbonyl (C=O) groups excluding carboxylic acids is 2. The van der Waals surface area contributed by atoms with Crippen molar-refractivity contribution in [1.29, 1.82) is 0 Å². The molecule has 7 nitrogen and oxygen atoms in total. The van der Waals surface area contributed by atoms with E-state index in [0.29, 0.717) is 16.7 Å². The minimum Gasteiger partial charge on any atom is -0.467 e. The molecule has 0 fully saturated rings. The Balaban J connectivity index is 2.18. The number of para-hydroxylation sites is 1. The van der Waals surface area contributed by atoms with Crippen molar-refractivity contribution in [3.63, 3.8) is 0 Å². The lowest BCUT2D eigenvalue weighted by molar-refractivity contribution is -0.142. The van der Waals surface area contributed by atoms with Gasteiger partial charge in [-0.1, -0.05) is 29.8 Å². The summed E-state index contributed by atoms with van der Waals surface area (Å²) in [6.07, 6.45) is 1.52. The number of hydrogen-bond donors (Lipinski definition) is 0. The molecule has 30 heavy (non-hydrogen) atoms. The van der Waals surface area contributed by atoms with E-state index in [0.717, 1.165) is 5.56 Å². The summed E-state index contributed by atoms with van der Waals surface area (Å²) in [6, 6.07) is 12.9. The van der Waals surface area contributed by atoms with Crippen LogP contribution in [0.5, 0.6) is 0 Å². The number of ether oxygens (including phenoxy) is 2. The van der Waals surface area contributed by atoms with E-state index in [1.807, 2.05) is 13.0 Å². The van der Waals surface area contributed by atoms with Crippen LogP contribution in [0, 0.1) is 6.92 Å². The number of anilines is 1. The molecule has 2 aromatic carbocycles. The van der Waals surface area contributed by atoms with Crippen molar-refractivity contribution in [2.45, 2.75) is 13.0 Å². The summed E-state index contributed by atoms with van der Waals surface area (Å²) in [4.78, 5) is 40.4. The maximum Gasteiger partial charge on any atom is 0.340 e. The van der Waals surface area contributed by atoms with Crippen molar-refractivity contribution in [3.05, 3.63) is 75.0 Å². The molecule has 4 rings (SSSR count). The molecule has 0 aliphatic carbocycles. The van der Waals surface area contributed by atoms with Crippen LogP contribution < -0.4 is 21.0 Å². The largest absolute Gasteiger partial charge is 0.467 e. The van der Waals surface area contributed by atoms with Gasteiger partial charge >= 0.3 is 11.9 Å². The van der Waals surface area contributed by atoms with Crippen LogP contribution in [-0.2, 0) is 19.1 Å². The highest BCUT2D eigenvalue weighted by atomic mass is 16.5. The van der Waals surface area contributed by atoms with Crippen molar-refractivity contribution in [3.8, 4) is 0 Å². The zero-order chi connectivity index (χ0) is 21.4. The summed E-state index contributed by atoms with van der Waals surface area (Å²) in [5.41, 5.74) is 1.42. The molecule has 0 spiro atoms. The molecule has 1 aliphatic heterocycles. The van der Waals surface area contributed by atoms with Crippen LogP contribution in [-0.4, -0.2) is 32.2 Å². The first-order valence-corrected chi connectivity index (χ1v) is 9.25. The maximum atomic E-state index is 13.3. The first-order valence-electron chi connectivity index (χ1n) is 9.25. The average Bonchev–Trinajstić information content (AvgIpc) is 2.78. The molecule has 7 heteroatoms. The van der Waals surface area contributed by atoms with Crippen molar-refractivity contribution < 1.29 is 23.5 Å². The fraction of sp³-hybridized carbons (Fsp3) is 0.174. The monoisotopic (exact) mass is 405 g/mol. The highest BCUT2D eigenvalue weighted by Gasteiger charge is 2.39. The molecule has 0 radical (unpaired) electrons. The van der Waals surface area contributed by atoms with Gasteiger partial charge in [-0.25, -0.2) is 9.59 Å². The predicted molar refractivity (Wildman–Crippen MR) is 111 cm³/mol. The van der Waals surface area contributed by atoms with E-state index in [1.54, 1.807) is 42.5 Å². The molecule has 152 valence electrons. The van der Waals surface area contributed by atoms with Crippen molar-refractivity contribution in [1.82, 2.24) is 0 Å². The molecule has 1 aliphatic rings. The molecular formula is C23H19NO6. The van der Waals surface area contributed by atoms with Gasteiger partial charge in [0.2, 0.25) is 5.43 Å². The topological polar surface area (TPSA) is 86.0 Å². The number of hydrogen-bond acceptors (Lipinski definition) is 7. The third-order valence-corrected chi connectivity index (χ3v) is 5.03. The summed E-state index contributed by atoms with van der Waals surface area (Å²) in [5, 5.41) is 0.552. The van der Waals surface area contributed by atoms with Crippen LogP contribution in [0.1, 0.15) is 5.56 Å². The van der Waals surface area contributed by atoms with E-state index < -0.39 is 18.0 Å². The Morgan fingerprint density at radius 2 is 1.77 bits per heavy atom. The van der Waals surface area contributed by atoms with Gasteiger partial charge in [-0.2, -0.15) is 0 Å². The summed E-state index contributed by atoms with van der Waals surface area (Å²) in [6.45, 7) is 1.87. The fourth-order valence-corrected chi connectivity index (χ4v) is 3.60. The van der Waals surface area contributed by atoms with Crippen molar-refractivity contribution in [2.24, 2.45) is 0 Å². The molecule has 1 unspecified atom stereocenters. The van der Waals surface area contributed by atoms with Gasteiger partial charge in [-0.15, -0.1) is 0 Å². The number of carbonyl (C=O) groups is 2. The van der Waals surface area contributed by atoms with Gasteiger partial charge in [0.1, 0.15) is 11.2 Å². The number of aryl methyl sites for hydroxylation is 1. The number of fused-ring (bicyclic) bond motifs is 2. The number of benzene rings is 2. The van der Waals surface area contributed by atoms with Gasteiger partial charge in [0, 0.05) is 11.9 Å². The molecule has 0 saturated heterocycles. The molecule has 1 aromatic heterocycles. The number of esters is 2. The summed E-state index contributed by atoms with van der Waals surface area (Å²) >= 11 is 0. The Hall–Kier alpha value is -3.87. The highest BCUT2D eigenvalue weighted by Crippen LogP contribution is 2.25. The maximum absolute atomic E-state index is 13.3.